The summed E-state index contributed by atoms with van der Waals surface area (Å²) in [6.45, 7) is 8.38. The molecule has 0 radical (unpaired) electrons. The Bertz CT molecular complexity index is 627. The third-order valence-corrected chi connectivity index (χ3v) is 7.74. The van der Waals surface area contributed by atoms with Gasteiger partial charge in [-0.1, -0.05) is 30.5 Å². The van der Waals surface area contributed by atoms with Crippen LogP contribution in [0.25, 0.3) is 0 Å². The molecule has 4 rings (SSSR count). The normalized spacial score (nSPS) is 25.4. The van der Waals surface area contributed by atoms with Crippen molar-refractivity contribution in [1.29, 1.82) is 0 Å². The summed E-state index contributed by atoms with van der Waals surface area (Å²) in [5.41, 5.74) is 1.28. The Labute approximate surface area is 173 Å². The van der Waals surface area contributed by atoms with Crippen molar-refractivity contribution in [3.63, 3.8) is 0 Å². The second-order valence-corrected chi connectivity index (χ2v) is 9.55. The van der Waals surface area contributed by atoms with Gasteiger partial charge in [0.25, 0.3) is 0 Å². The first kappa shape index (κ1) is 21.0. The molecule has 0 spiro atoms. The van der Waals surface area contributed by atoms with Gasteiger partial charge in [0.15, 0.2) is 0 Å². The maximum absolute atomic E-state index is 13.5. The van der Waals surface area contributed by atoms with Gasteiger partial charge in [-0.25, -0.2) is 0 Å². The molecule has 1 unspecified atom stereocenters. The summed E-state index contributed by atoms with van der Waals surface area (Å²) in [7, 11) is 0. The minimum atomic E-state index is -0.229. The van der Waals surface area contributed by atoms with E-state index in [1.807, 2.05) is 11.8 Å². The Kier molecular flexibility index (Phi) is 7.12. The van der Waals surface area contributed by atoms with Gasteiger partial charge in [0, 0.05) is 50.2 Å². The zero-order valence-electron chi connectivity index (χ0n) is 16.3. The molecule has 1 aliphatic carbocycles. The molecule has 0 aromatic heterocycles. The van der Waals surface area contributed by atoms with Gasteiger partial charge in [-0.05, 0) is 38.3 Å². The van der Waals surface area contributed by atoms with Gasteiger partial charge in [-0.3, -0.25) is 9.69 Å². The first-order chi connectivity index (χ1) is 12.7. The Hall–Kier alpha value is -0.750. The number of nitrogens with one attached hydrogen (secondary N) is 1. The third kappa shape index (κ3) is 4.64. The lowest BCUT2D eigenvalue weighted by Gasteiger charge is -2.34. The first-order valence-electron chi connectivity index (χ1n) is 10.2. The zero-order chi connectivity index (χ0) is 18.0. The van der Waals surface area contributed by atoms with Gasteiger partial charge in [0.2, 0.25) is 5.91 Å². The molecule has 150 valence electrons. The van der Waals surface area contributed by atoms with Gasteiger partial charge in [-0.15, -0.1) is 24.2 Å². The Morgan fingerprint density at radius 1 is 1.11 bits per heavy atom. The quantitative estimate of drug-likeness (QED) is 0.827. The predicted molar refractivity (Wildman–Crippen MR) is 115 cm³/mol. The van der Waals surface area contributed by atoms with Crippen molar-refractivity contribution in [3.8, 4) is 0 Å². The summed E-state index contributed by atoms with van der Waals surface area (Å²) in [6, 6.07) is 9.24. The van der Waals surface area contributed by atoms with Crippen molar-refractivity contribution in [2.45, 2.75) is 54.7 Å². The third-order valence-electron chi connectivity index (χ3n) is 6.25. The number of likely N-dealkylation sites (tertiary alicyclic amines) is 1. The zero-order valence-corrected chi connectivity index (χ0v) is 17.9. The van der Waals surface area contributed by atoms with Gasteiger partial charge >= 0.3 is 0 Å². The molecule has 6 heteroatoms. The topological polar surface area (TPSA) is 35.6 Å². The molecular formula is C21H32ClN3OS. The number of thioether (sulfide) groups is 1. The number of hydrogen-bond donors (Lipinski definition) is 1. The van der Waals surface area contributed by atoms with Crippen molar-refractivity contribution < 1.29 is 4.79 Å². The van der Waals surface area contributed by atoms with Crippen LogP contribution in [-0.4, -0.2) is 65.8 Å². The van der Waals surface area contributed by atoms with E-state index in [4.69, 9.17) is 0 Å². The summed E-state index contributed by atoms with van der Waals surface area (Å²) in [6.07, 6.45) is 5.55. The molecule has 1 aromatic rings. The molecule has 1 atom stereocenters. The van der Waals surface area contributed by atoms with E-state index < -0.39 is 0 Å². The van der Waals surface area contributed by atoms with Crippen LogP contribution in [-0.2, 0) is 4.79 Å². The van der Waals surface area contributed by atoms with Gasteiger partial charge in [-0.2, -0.15) is 0 Å². The Balaban J connectivity index is 0.00000210. The van der Waals surface area contributed by atoms with E-state index >= 15 is 0 Å². The van der Waals surface area contributed by atoms with Crippen molar-refractivity contribution in [2.24, 2.45) is 0 Å². The van der Waals surface area contributed by atoms with Crippen molar-refractivity contribution >= 4 is 30.1 Å². The molecule has 0 bridgehead atoms. The van der Waals surface area contributed by atoms with E-state index in [0.717, 1.165) is 58.5 Å². The highest BCUT2D eigenvalue weighted by molar-refractivity contribution is 8.01. The molecule has 2 aliphatic heterocycles. The standard InChI is InChI=1S/C21H31N3OS.ClH/c1-17-4-6-19(7-5-17)26-21(9-2-3-10-21)20(25)24-13-8-18(16-24)23-14-11-22-12-15-23;/h4-7,18,22H,2-3,8-16H2,1H3;1H. The number of carbonyl (C=O) groups excluding carboxylic acids is 1. The van der Waals surface area contributed by atoms with Gasteiger partial charge in [0.05, 0.1) is 4.75 Å². The monoisotopic (exact) mass is 409 g/mol. The van der Waals surface area contributed by atoms with Crippen LogP contribution >= 0.6 is 24.2 Å². The van der Waals surface area contributed by atoms with Crippen LogP contribution < -0.4 is 5.32 Å². The maximum atomic E-state index is 13.5. The average molecular weight is 410 g/mol. The SMILES string of the molecule is Cc1ccc(SC2(C(=O)N3CCC(N4CCNCC4)C3)CCCC2)cc1.Cl. The summed E-state index contributed by atoms with van der Waals surface area (Å²) in [4.78, 5) is 19.5. The molecule has 1 saturated carbocycles. The molecular weight excluding hydrogens is 378 g/mol. The second-order valence-electron chi connectivity index (χ2n) is 8.10. The number of piperazine rings is 1. The van der Waals surface area contributed by atoms with E-state index in [2.05, 4.69) is 46.3 Å². The largest absolute Gasteiger partial charge is 0.340 e. The van der Waals surface area contributed by atoms with Crippen LogP contribution in [0.1, 0.15) is 37.7 Å². The van der Waals surface area contributed by atoms with E-state index in [1.54, 1.807) is 0 Å². The van der Waals surface area contributed by atoms with Gasteiger partial charge in [0.1, 0.15) is 0 Å². The number of benzene rings is 1. The van der Waals surface area contributed by atoms with E-state index in [-0.39, 0.29) is 17.2 Å². The molecule has 4 nitrogen and oxygen atoms in total. The Morgan fingerprint density at radius 2 is 1.78 bits per heavy atom. The first-order valence-corrected chi connectivity index (χ1v) is 11.0. The number of hydrogen-bond acceptors (Lipinski definition) is 4. The van der Waals surface area contributed by atoms with Crippen LogP contribution in [0.3, 0.4) is 0 Å². The van der Waals surface area contributed by atoms with Crippen LogP contribution in [0.4, 0.5) is 0 Å². The summed E-state index contributed by atoms with van der Waals surface area (Å²) >= 11 is 1.82. The average Bonchev–Trinajstić information content (AvgIpc) is 3.34. The van der Waals surface area contributed by atoms with E-state index in [0.29, 0.717) is 11.9 Å². The number of nitrogens with zero attached hydrogens (tertiary/aromatic N) is 2. The lowest BCUT2D eigenvalue weighted by molar-refractivity contribution is -0.132. The van der Waals surface area contributed by atoms with Crippen molar-refractivity contribution in [1.82, 2.24) is 15.1 Å². The number of aryl methyl sites for hydroxylation is 1. The molecule has 2 saturated heterocycles. The van der Waals surface area contributed by atoms with E-state index in [1.165, 1.54) is 23.3 Å². The lowest BCUT2D eigenvalue weighted by atomic mass is 10.1. The number of rotatable bonds is 4. The van der Waals surface area contributed by atoms with Crippen LogP contribution in [0.15, 0.2) is 29.2 Å². The molecule has 27 heavy (non-hydrogen) atoms. The fourth-order valence-corrected chi connectivity index (χ4v) is 6.13. The van der Waals surface area contributed by atoms with Crippen LogP contribution in [0, 0.1) is 6.92 Å². The number of carbonyl (C=O) groups is 1. The molecule has 1 amide bonds. The van der Waals surface area contributed by atoms with Crippen molar-refractivity contribution in [2.75, 3.05) is 39.3 Å². The summed E-state index contributed by atoms with van der Waals surface area (Å²) < 4.78 is -0.229. The predicted octanol–water partition coefficient (Wildman–Crippen LogP) is 3.33. The fourth-order valence-electron chi connectivity index (χ4n) is 4.70. The fraction of sp³-hybridized carbons (Fsp3) is 0.667. The second kappa shape index (κ2) is 9.17. The highest BCUT2D eigenvalue weighted by Gasteiger charge is 2.46. The minimum Gasteiger partial charge on any atom is -0.340 e. The summed E-state index contributed by atoms with van der Waals surface area (Å²) in [5.74, 6) is 0.401. The van der Waals surface area contributed by atoms with Crippen LogP contribution in [0.2, 0.25) is 0 Å². The maximum Gasteiger partial charge on any atom is 0.239 e. The molecule has 1 N–H and O–H groups in total. The molecule has 2 heterocycles. The molecule has 1 aromatic carbocycles. The highest BCUT2D eigenvalue weighted by Crippen LogP contribution is 2.47. The molecule has 3 fully saturated rings. The van der Waals surface area contributed by atoms with Crippen molar-refractivity contribution in [3.05, 3.63) is 29.8 Å². The lowest BCUT2D eigenvalue weighted by Crippen LogP contribution is -2.50. The Morgan fingerprint density at radius 3 is 2.44 bits per heavy atom. The number of amides is 1. The van der Waals surface area contributed by atoms with Crippen LogP contribution in [0.5, 0.6) is 0 Å². The highest BCUT2D eigenvalue weighted by atomic mass is 35.5. The smallest absolute Gasteiger partial charge is 0.239 e. The summed E-state index contributed by atoms with van der Waals surface area (Å²) in [5, 5.41) is 3.43. The number of halogens is 1. The molecule has 3 aliphatic rings. The minimum absolute atomic E-state index is 0. The van der Waals surface area contributed by atoms with Gasteiger partial charge < -0.3 is 10.2 Å². The van der Waals surface area contributed by atoms with E-state index in [9.17, 15) is 4.79 Å².